The number of carbonyl (C=O) groups excluding carboxylic acids is 1. The van der Waals surface area contributed by atoms with Crippen LogP contribution in [0.1, 0.15) is 18.7 Å². The van der Waals surface area contributed by atoms with E-state index in [1.54, 1.807) is 12.3 Å². The Kier molecular flexibility index (Phi) is 5.76. The minimum Gasteiger partial charge on any atom is -0.467 e. The number of nitrogens with zero attached hydrogens (tertiary/aromatic N) is 2. The molecule has 0 fully saturated rings. The van der Waals surface area contributed by atoms with E-state index in [-0.39, 0.29) is 17.7 Å². The molecular formula is C22H20N4O2S. The molecule has 1 unspecified atom stereocenters. The Morgan fingerprint density at radius 2 is 1.83 bits per heavy atom. The van der Waals surface area contributed by atoms with Crippen molar-refractivity contribution in [2.24, 2.45) is 0 Å². The molecule has 0 saturated heterocycles. The van der Waals surface area contributed by atoms with Crippen LogP contribution in [0.2, 0.25) is 0 Å². The molecule has 146 valence electrons. The molecule has 2 heterocycles. The third kappa shape index (κ3) is 4.75. The van der Waals surface area contributed by atoms with Crippen LogP contribution in [0, 0.1) is 0 Å². The number of para-hydroxylation sites is 2. The third-order valence-electron chi connectivity index (χ3n) is 4.30. The predicted octanol–water partition coefficient (Wildman–Crippen LogP) is 4.94. The highest BCUT2D eigenvalue weighted by Crippen LogP contribution is 2.27. The number of aromatic nitrogens is 2. The van der Waals surface area contributed by atoms with E-state index in [2.05, 4.69) is 20.6 Å². The molecule has 4 aromatic rings. The number of carbonyl (C=O) groups is 1. The normalized spacial score (nSPS) is 11.9. The highest BCUT2D eigenvalue weighted by molar-refractivity contribution is 7.99. The first kappa shape index (κ1) is 19.0. The lowest BCUT2D eigenvalue weighted by Gasteiger charge is -2.12. The van der Waals surface area contributed by atoms with Crippen LogP contribution in [0.4, 0.5) is 11.5 Å². The standard InChI is InChI=1S/C22H20N4O2S/c1-15(19-12-7-13-28-19)23-20(27)14-29-22-25-18-11-6-5-10-17(18)21(26-22)24-16-8-3-2-4-9-16/h2-13,15H,14H2,1H3,(H,23,27)(H,24,25,26). The van der Waals surface area contributed by atoms with Gasteiger partial charge in [0, 0.05) is 11.1 Å². The van der Waals surface area contributed by atoms with Crippen LogP contribution >= 0.6 is 11.8 Å². The van der Waals surface area contributed by atoms with Gasteiger partial charge in [-0.2, -0.15) is 0 Å². The summed E-state index contributed by atoms with van der Waals surface area (Å²) in [5.41, 5.74) is 1.77. The Balaban J connectivity index is 1.49. The zero-order chi connectivity index (χ0) is 20.1. The molecule has 1 amide bonds. The van der Waals surface area contributed by atoms with Crippen LogP contribution in [0.15, 0.2) is 82.6 Å². The van der Waals surface area contributed by atoms with Gasteiger partial charge in [-0.1, -0.05) is 42.1 Å². The summed E-state index contributed by atoms with van der Waals surface area (Å²) in [7, 11) is 0. The van der Waals surface area contributed by atoms with Crippen LogP contribution in [0.3, 0.4) is 0 Å². The van der Waals surface area contributed by atoms with Crippen molar-refractivity contribution in [3.8, 4) is 0 Å². The van der Waals surface area contributed by atoms with Gasteiger partial charge in [-0.3, -0.25) is 4.79 Å². The molecule has 4 rings (SSSR count). The fraction of sp³-hybridized carbons (Fsp3) is 0.136. The van der Waals surface area contributed by atoms with E-state index in [0.29, 0.717) is 11.0 Å². The second kappa shape index (κ2) is 8.79. The molecule has 0 radical (unpaired) electrons. The number of thioether (sulfide) groups is 1. The largest absolute Gasteiger partial charge is 0.467 e. The fourth-order valence-corrected chi connectivity index (χ4v) is 3.56. The molecule has 0 saturated carbocycles. The van der Waals surface area contributed by atoms with Gasteiger partial charge in [0.2, 0.25) is 5.91 Å². The van der Waals surface area contributed by atoms with E-state index >= 15 is 0 Å². The maximum absolute atomic E-state index is 12.3. The lowest BCUT2D eigenvalue weighted by molar-refractivity contribution is -0.119. The maximum Gasteiger partial charge on any atom is 0.231 e. The monoisotopic (exact) mass is 404 g/mol. The van der Waals surface area contributed by atoms with Gasteiger partial charge in [0.15, 0.2) is 5.16 Å². The lowest BCUT2D eigenvalue weighted by atomic mass is 10.2. The van der Waals surface area contributed by atoms with E-state index in [9.17, 15) is 4.79 Å². The minimum atomic E-state index is -0.189. The van der Waals surface area contributed by atoms with Gasteiger partial charge in [-0.05, 0) is 43.3 Å². The topological polar surface area (TPSA) is 80.0 Å². The first-order chi connectivity index (χ1) is 14.2. The second-order valence-electron chi connectivity index (χ2n) is 6.46. The molecule has 1 atom stereocenters. The minimum absolute atomic E-state index is 0.103. The number of amides is 1. The van der Waals surface area contributed by atoms with Crippen molar-refractivity contribution in [1.82, 2.24) is 15.3 Å². The Hall–Kier alpha value is -3.32. The second-order valence-corrected chi connectivity index (χ2v) is 7.40. The van der Waals surface area contributed by atoms with Crippen LogP contribution < -0.4 is 10.6 Å². The van der Waals surface area contributed by atoms with Gasteiger partial charge in [0.1, 0.15) is 11.6 Å². The van der Waals surface area contributed by atoms with Crippen molar-refractivity contribution in [2.75, 3.05) is 11.1 Å². The zero-order valence-electron chi connectivity index (χ0n) is 15.8. The van der Waals surface area contributed by atoms with Crippen LogP contribution in [-0.4, -0.2) is 21.6 Å². The summed E-state index contributed by atoms with van der Waals surface area (Å²) in [5, 5.41) is 7.74. The maximum atomic E-state index is 12.3. The Morgan fingerprint density at radius 3 is 2.62 bits per heavy atom. The molecule has 7 heteroatoms. The highest BCUT2D eigenvalue weighted by atomic mass is 32.2. The zero-order valence-corrected chi connectivity index (χ0v) is 16.6. The van der Waals surface area contributed by atoms with Gasteiger partial charge in [-0.25, -0.2) is 9.97 Å². The lowest BCUT2D eigenvalue weighted by Crippen LogP contribution is -2.28. The average molecular weight is 404 g/mol. The van der Waals surface area contributed by atoms with E-state index in [0.717, 1.165) is 22.4 Å². The van der Waals surface area contributed by atoms with Gasteiger partial charge >= 0.3 is 0 Å². The van der Waals surface area contributed by atoms with E-state index < -0.39 is 0 Å². The van der Waals surface area contributed by atoms with Crippen LogP contribution in [-0.2, 0) is 4.79 Å². The molecule has 6 nitrogen and oxygen atoms in total. The molecule has 29 heavy (non-hydrogen) atoms. The number of benzene rings is 2. The number of furan rings is 1. The summed E-state index contributed by atoms with van der Waals surface area (Å²) in [5.74, 6) is 1.55. The summed E-state index contributed by atoms with van der Waals surface area (Å²) in [6.45, 7) is 1.88. The quantitative estimate of drug-likeness (QED) is 0.336. The van der Waals surface area contributed by atoms with Crippen LogP contribution in [0.25, 0.3) is 10.9 Å². The molecule has 0 spiro atoms. The molecule has 2 N–H and O–H groups in total. The van der Waals surface area contributed by atoms with E-state index in [1.165, 1.54) is 11.8 Å². The number of hydrogen-bond donors (Lipinski definition) is 2. The molecular weight excluding hydrogens is 384 g/mol. The number of anilines is 2. The van der Waals surface area contributed by atoms with Crippen molar-refractivity contribution >= 4 is 40.1 Å². The highest BCUT2D eigenvalue weighted by Gasteiger charge is 2.14. The van der Waals surface area contributed by atoms with Crippen molar-refractivity contribution in [1.29, 1.82) is 0 Å². The fourth-order valence-electron chi connectivity index (χ4n) is 2.90. The molecule has 0 aliphatic heterocycles. The number of fused-ring (bicyclic) bond motifs is 1. The van der Waals surface area contributed by atoms with Gasteiger partial charge in [0.25, 0.3) is 0 Å². The molecule has 0 bridgehead atoms. The summed E-state index contributed by atoms with van der Waals surface area (Å²) >= 11 is 1.30. The van der Waals surface area contributed by atoms with Crippen molar-refractivity contribution in [2.45, 2.75) is 18.1 Å². The molecule has 0 aliphatic rings. The smallest absolute Gasteiger partial charge is 0.231 e. The molecule has 0 aliphatic carbocycles. The van der Waals surface area contributed by atoms with Gasteiger partial charge < -0.3 is 15.1 Å². The SMILES string of the molecule is CC(NC(=O)CSc1nc(Nc2ccccc2)c2ccccc2n1)c1ccco1. The first-order valence-electron chi connectivity index (χ1n) is 9.23. The number of rotatable bonds is 7. The van der Waals surface area contributed by atoms with Crippen LogP contribution in [0.5, 0.6) is 0 Å². The summed E-state index contributed by atoms with van der Waals surface area (Å²) < 4.78 is 5.32. The van der Waals surface area contributed by atoms with Gasteiger partial charge in [-0.15, -0.1) is 0 Å². The Bertz CT molecular complexity index is 1100. The average Bonchev–Trinajstić information content (AvgIpc) is 3.28. The summed E-state index contributed by atoms with van der Waals surface area (Å²) in [6.07, 6.45) is 1.59. The van der Waals surface area contributed by atoms with Crippen molar-refractivity contribution < 1.29 is 9.21 Å². The van der Waals surface area contributed by atoms with Gasteiger partial charge in [0.05, 0.1) is 23.6 Å². The summed E-state index contributed by atoms with van der Waals surface area (Å²) in [6, 6.07) is 21.1. The molecule has 2 aromatic carbocycles. The third-order valence-corrected chi connectivity index (χ3v) is 5.15. The van der Waals surface area contributed by atoms with E-state index in [1.807, 2.05) is 67.6 Å². The Morgan fingerprint density at radius 1 is 1.03 bits per heavy atom. The molecule has 2 aromatic heterocycles. The van der Waals surface area contributed by atoms with Crippen molar-refractivity contribution in [3.63, 3.8) is 0 Å². The van der Waals surface area contributed by atoms with Crippen molar-refractivity contribution in [3.05, 3.63) is 78.8 Å². The summed E-state index contributed by atoms with van der Waals surface area (Å²) in [4.78, 5) is 21.5. The first-order valence-corrected chi connectivity index (χ1v) is 10.2. The Labute approximate surface area is 172 Å². The predicted molar refractivity (Wildman–Crippen MR) is 115 cm³/mol. The number of nitrogens with one attached hydrogen (secondary N) is 2. The van der Waals surface area contributed by atoms with E-state index in [4.69, 9.17) is 4.42 Å². The number of hydrogen-bond acceptors (Lipinski definition) is 6.